The highest BCUT2D eigenvalue weighted by Crippen LogP contribution is 2.29. The molecule has 168 valence electrons. The van der Waals surface area contributed by atoms with Crippen LogP contribution < -0.4 is 20.1 Å². The zero-order valence-corrected chi connectivity index (χ0v) is 18.5. The Morgan fingerprint density at radius 3 is 2.68 bits per heavy atom. The molecule has 2 atom stereocenters. The molecule has 0 radical (unpaired) electrons. The number of benzene rings is 1. The number of H-pyrrole nitrogens is 1. The molecule has 0 saturated carbocycles. The van der Waals surface area contributed by atoms with Crippen LogP contribution in [0.5, 0.6) is 5.75 Å². The summed E-state index contributed by atoms with van der Waals surface area (Å²) in [6.07, 6.45) is 3.21. The van der Waals surface area contributed by atoms with Gasteiger partial charge in [-0.3, -0.25) is 4.79 Å². The summed E-state index contributed by atoms with van der Waals surface area (Å²) in [7, 11) is 1.68. The lowest BCUT2D eigenvalue weighted by molar-refractivity contribution is 0.0921. The molecule has 0 amide bonds. The topological polar surface area (TPSA) is 67.0 Å². The second-order valence-electron chi connectivity index (χ2n) is 8.41. The summed E-state index contributed by atoms with van der Waals surface area (Å²) in [4.78, 5) is 20.0. The molecule has 4 rings (SSSR count). The number of hydrogen-bond acceptors (Lipinski definition) is 6. The quantitative estimate of drug-likeness (QED) is 0.699. The van der Waals surface area contributed by atoms with Gasteiger partial charge in [-0.15, -0.1) is 0 Å². The van der Waals surface area contributed by atoms with Crippen molar-refractivity contribution < 1.29 is 14.2 Å². The second kappa shape index (κ2) is 10.2. The maximum atomic E-state index is 12.4. The maximum Gasteiger partial charge on any atom is 0.251 e. The lowest BCUT2D eigenvalue weighted by atomic mass is 10.0. The first kappa shape index (κ1) is 21.7. The largest absolute Gasteiger partial charge is 0.488 e. The Bertz CT molecular complexity index is 892. The van der Waals surface area contributed by atoms with E-state index in [2.05, 4.69) is 33.0 Å². The minimum Gasteiger partial charge on any atom is -0.488 e. The fraction of sp³-hybridized carbons (Fsp3) is 0.542. The van der Waals surface area contributed by atoms with Crippen LogP contribution in [0.1, 0.15) is 25.3 Å². The van der Waals surface area contributed by atoms with Gasteiger partial charge in [0.05, 0.1) is 19.8 Å². The molecular weight excluding hydrogens is 394 g/mol. The van der Waals surface area contributed by atoms with E-state index in [9.17, 15) is 4.79 Å². The summed E-state index contributed by atoms with van der Waals surface area (Å²) in [5.41, 5.74) is 2.21. The summed E-state index contributed by atoms with van der Waals surface area (Å²) < 4.78 is 16.5. The van der Waals surface area contributed by atoms with E-state index in [4.69, 9.17) is 14.2 Å². The van der Waals surface area contributed by atoms with E-state index in [0.717, 1.165) is 56.2 Å². The minimum absolute atomic E-state index is 0.0248. The van der Waals surface area contributed by atoms with Crippen LogP contribution in [-0.2, 0) is 15.9 Å². The maximum absolute atomic E-state index is 12.4. The van der Waals surface area contributed by atoms with Gasteiger partial charge < -0.3 is 29.0 Å². The average molecular weight is 428 g/mol. The van der Waals surface area contributed by atoms with Crippen LogP contribution in [0.25, 0.3) is 0 Å². The Balaban J connectivity index is 1.44. The van der Waals surface area contributed by atoms with Gasteiger partial charge in [-0.1, -0.05) is 12.1 Å². The predicted molar refractivity (Wildman–Crippen MR) is 123 cm³/mol. The van der Waals surface area contributed by atoms with Crippen molar-refractivity contribution in [2.45, 2.75) is 38.3 Å². The molecule has 2 aromatic rings. The molecule has 2 fully saturated rings. The fourth-order valence-electron chi connectivity index (χ4n) is 4.52. The van der Waals surface area contributed by atoms with Crippen LogP contribution in [-0.4, -0.2) is 63.7 Å². The molecule has 2 aliphatic heterocycles. The summed E-state index contributed by atoms with van der Waals surface area (Å²) in [6.45, 7) is 6.59. The van der Waals surface area contributed by atoms with E-state index in [1.165, 1.54) is 5.56 Å². The molecule has 0 bridgehead atoms. The van der Waals surface area contributed by atoms with Gasteiger partial charge >= 0.3 is 0 Å². The van der Waals surface area contributed by atoms with Crippen LogP contribution in [0.2, 0.25) is 0 Å². The highest BCUT2D eigenvalue weighted by atomic mass is 16.5. The van der Waals surface area contributed by atoms with Crippen LogP contribution in [0.3, 0.4) is 0 Å². The third kappa shape index (κ3) is 5.60. The van der Waals surface area contributed by atoms with Crippen molar-refractivity contribution in [1.82, 2.24) is 4.98 Å². The molecule has 1 N–H and O–H groups in total. The summed E-state index contributed by atoms with van der Waals surface area (Å²) in [6, 6.07) is 12.5. The van der Waals surface area contributed by atoms with Crippen LogP contribution in [0, 0.1) is 0 Å². The monoisotopic (exact) mass is 427 g/mol. The Morgan fingerprint density at radius 2 is 1.94 bits per heavy atom. The third-order valence-electron chi connectivity index (χ3n) is 6.01. The molecule has 2 saturated heterocycles. The Kier molecular flexibility index (Phi) is 7.14. The number of ether oxygens (including phenoxy) is 3. The first-order valence-corrected chi connectivity index (χ1v) is 11.2. The number of aromatic amines is 1. The van der Waals surface area contributed by atoms with E-state index >= 15 is 0 Å². The van der Waals surface area contributed by atoms with E-state index < -0.39 is 0 Å². The van der Waals surface area contributed by atoms with Crippen LogP contribution >= 0.6 is 0 Å². The number of methoxy groups -OCH3 is 1. The van der Waals surface area contributed by atoms with Gasteiger partial charge in [0.1, 0.15) is 17.7 Å². The van der Waals surface area contributed by atoms with E-state index in [1.54, 1.807) is 13.2 Å². The van der Waals surface area contributed by atoms with Gasteiger partial charge in [-0.05, 0) is 43.9 Å². The molecule has 7 nitrogen and oxygen atoms in total. The molecule has 0 spiro atoms. The van der Waals surface area contributed by atoms with Crippen molar-refractivity contribution in [2.24, 2.45) is 0 Å². The molecule has 2 aliphatic rings. The highest BCUT2D eigenvalue weighted by molar-refractivity contribution is 5.56. The van der Waals surface area contributed by atoms with Crippen molar-refractivity contribution >= 4 is 11.5 Å². The zero-order chi connectivity index (χ0) is 21.6. The SMILES string of the molecule is COC[C@@H](C)Oc1ccc(CC2CCCN2c2cc(N3CCOCC3)cc(=O)[nH]2)cc1. The number of nitrogens with one attached hydrogen (secondary N) is 1. The number of pyridine rings is 1. The zero-order valence-electron chi connectivity index (χ0n) is 18.5. The van der Waals surface area contributed by atoms with Gasteiger partial charge in [0.15, 0.2) is 0 Å². The normalized spacial score (nSPS) is 20.1. The lowest BCUT2D eigenvalue weighted by Crippen LogP contribution is -2.37. The third-order valence-corrected chi connectivity index (χ3v) is 6.01. The smallest absolute Gasteiger partial charge is 0.251 e. The number of hydrogen-bond donors (Lipinski definition) is 1. The second-order valence-corrected chi connectivity index (χ2v) is 8.41. The van der Waals surface area contributed by atoms with Crippen molar-refractivity contribution in [3.05, 3.63) is 52.3 Å². The Labute approximate surface area is 183 Å². The molecule has 7 heteroatoms. The van der Waals surface area contributed by atoms with Crippen LogP contribution in [0.4, 0.5) is 11.5 Å². The number of anilines is 2. The molecule has 1 unspecified atom stereocenters. The van der Waals surface area contributed by atoms with Crippen LogP contribution in [0.15, 0.2) is 41.2 Å². The number of morpholine rings is 1. The van der Waals surface area contributed by atoms with Crippen molar-refractivity contribution in [2.75, 3.05) is 56.4 Å². The lowest BCUT2D eigenvalue weighted by Gasteiger charge is -2.31. The summed E-state index contributed by atoms with van der Waals surface area (Å²) in [5, 5.41) is 0. The summed E-state index contributed by atoms with van der Waals surface area (Å²) >= 11 is 0. The molecule has 31 heavy (non-hydrogen) atoms. The molecule has 0 aliphatic carbocycles. The first-order chi connectivity index (χ1) is 15.1. The van der Waals surface area contributed by atoms with Gasteiger partial charge in [-0.25, -0.2) is 0 Å². The first-order valence-electron chi connectivity index (χ1n) is 11.2. The van der Waals surface area contributed by atoms with Crippen molar-refractivity contribution in [1.29, 1.82) is 0 Å². The van der Waals surface area contributed by atoms with Crippen molar-refractivity contribution in [3.63, 3.8) is 0 Å². The van der Waals surface area contributed by atoms with E-state index in [-0.39, 0.29) is 11.7 Å². The van der Waals surface area contributed by atoms with Gasteiger partial charge in [0.25, 0.3) is 5.56 Å². The fourth-order valence-corrected chi connectivity index (χ4v) is 4.52. The predicted octanol–water partition coefficient (Wildman–Crippen LogP) is 2.84. The minimum atomic E-state index is -0.0451. The van der Waals surface area contributed by atoms with Gasteiger partial charge in [0.2, 0.25) is 0 Å². The number of rotatable bonds is 8. The number of nitrogens with zero attached hydrogens (tertiary/aromatic N) is 2. The van der Waals surface area contributed by atoms with E-state index in [1.807, 2.05) is 19.1 Å². The van der Waals surface area contributed by atoms with Crippen molar-refractivity contribution in [3.8, 4) is 5.75 Å². The molecular formula is C24H33N3O4. The Morgan fingerprint density at radius 1 is 1.16 bits per heavy atom. The van der Waals surface area contributed by atoms with Gasteiger partial charge in [-0.2, -0.15) is 0 Å². The number of aromatic nitrogens is 1. The highest BCUT2D eigenvalue weighted by Gasteiger charge is 2.26. The molecule has 1 aromatic heterocycles. The Hall–Kier alpha value is -2.51. The summed E-state index contributed by atoms with van der Waals surface area (Å²) in [5.74, 6) is 1.78. The van der Waals surface area contributed by atoms with Gasteiger partial charge in [0, 0.05) is 50.6 Å². The molecule has 3 heterocycles. The average Bonchev–Trinajstić information content (AvgIpc) is 3.24. The van der Waals surface area contributed by atoms with E-state index in [0.29, 0.717) is 25.9 Å². The standard InChI is InChI=1S/C24H33N3O4/c1-18(17-29-2)31-22-7-5-19(6-8-22)14-20-4-3-9-27(20)23-15-21(16-24(28)25-23)26-10-12-30-13-11-26/h5-8,15-16,18,20H,3-4,9-14,17H2,1-2H3,(H,25,28)/t18-,20?/m1/s1. The molecule has 1 aromatic carbocycles.